The van der Waals surface area contributed by atoms with E-state index < -0.39 is 28.5 Å². The number of sulfonamides is 1. The maximum atomic E-state index is 14.0. The number of nitrogens with one attached hydrogen (secondary N) is 1. The van der Waals surface area contributed by atoms with Crippen molar-refractivity contribution in [2.45, 2.75) is 69.5 Å². The van der Waals surface area contributed by atoms with Gasteiger partial charge in [0.25, 0.3) is 10.0 Å². The van der Waals surface area contributed by atoms with E-state index in [1.54, 1.807) is 37.3 Å². The molecule has 0 heterocycles. The molecule has 1 atom stereocenters. The summed E-state index contributed by atoms with van der Waals surface area (Å²) in [6.45, 7) is 3.33. The summed E-state index contributed by atoms with van der Waals surface area (Å²) in [5, 5.41) is 3.12. The quantitative estimate of drug-likeness (QED) is 0.308. The van der Waals surface area contributed by atoms with Crippen LogP contribution in [0.5, 0.6) is 0 Å². The van der Waals surface area contributed by atoms with Crippen LogP contribution in [-0.4, -0.2) is 43.8 Å². The molecule has 1 N–H and O–H groups in total. The lowest BCUT2D eigenvalue weighted by molar-refractivity contribution is -0.139. The molecule has 3 aromatic rings. The van der Waals surface area contributed by atoms with Gasteiger partial charge in [-0.05, 0) is 68.7 Å². The largest absolute Gasteiger partial charge is 0.352 e. The summed E-state index contributed by atoms with van der Waals surface area (Å²) in [7, 11) is -4.07. The van der Waals surface area contributed by atoms with Crippen LogP contribution in [0.25, 0.3) is 0 Å². The van der Waals surface area contributed by atoms with Crippen LogP contribution >= 0.6 is 15.9 Å². The molecule has 0 spiro atoms. The first kappa shape index (κ1) is 29.8. The topological polar surface area (TPSA) is 86.8 Å². The van der Waals surface area contributed by atoms with Crippen LogP contribution in [0.1, 0.15) is 50.2 Å². The van der Waals surface area contributed by atoms with E-state index in [2.05, 4.69) is 21.2 Å². The van der Waals surface area contributed by atoms with Crippen molar-refractivity contribution < 1.29 is 18.0 Å². The van der Waals surface area contributed by atoms with Crippen molar-refractivity contribution in [3.63, 3.8) is 0 Å². The first-order valence-electron chi connectivity index (χ1n) is 13.6. The first-order valence-corrected chi connectivity index (χ1v) is 15.9. The number of aryl methyl sites for hydroxylation is 1. The van der Waals surface area contributed by atoms with E-state index in [-0.39, 0.29) is 23.4 Å². The monoisotopic (exact) mass is 625 g/mol. The minimum Gasteiger partial charge on any atom is -0.352 e. The Hall–Kier alpha value is -3.17. The van der Waals surface area contributed by atoms with Crippen molar-refractivity contribution >= 4 is 43.5 Å². The fourth-order valence-electron chi connectivity index (χ4n) is 4.94. The molecule has 1 aliphatic carbocycles. The van der Waals surface area contributed by atoms with Crippen molar-refractivity contribution in [1.82, 2.24) is 10.2 Å². The smallest absolute Gasteiger partial charge is 0.264 e. The Morgan fingerprint density at radius 3 is 2.27 bits per heavy atom. The van der Waals surface area contributed by atoms with E-state index in [4.69, 9.17) is 0 Å². The van der Waals surface area contributed by atoms with E-state index in [1.807, 2.05) is 43.3 Å². The van der Waals surface area contributed by atoms with Crippen molar-refractivity contribution in [2.75, 3.05) is 10.8 Å². The van der Waals surface area contributed by atoms with Crippen molar-refractivity contribution in [2.24, 2.45) is 0 Å². The number of benzene rings is 3. The molecule has 0 bridgehead atoms. The van der Waals surface area contributed by atoms with Crippen molar-refractivity contribution in [1.29, 1.82) is 0 Å². The van der Waals surface area contributed by atoms with Crippen LogP contribution in [0.3, 0.4) is 0 Å². The molecule has 9 heteroatoms. The predicted molar refractivity (Wildman–Crippen MR) is 161 cm³/mol. The number of carbonyl (C=O) groups excluding carboxylic acids is 2. The summed E-state index contributed by atoms with van der Waals surface area (Å²) in [5.74, 6) is -0.700. The van der Waals surface area contributed by atoms with Gasteiger partial charge in [0, 0.05) is 17.1 Å². The van der Waals surface area contributed by atoms with Crippen LogP contribution in [0.15, 0.2) is 88.2 Å². The average molecular weight is 627 g/mol. The van der Waals surface area contributed by atoms with E-state index in [0.29, 0.717) is 5.69 Å². The summed E-state index contributed by atoms with van der Waals surface area (Å²) in [6, 6.07) is 21.9. The molecule has 7 nitrogen and oxygen atoms in total. The van der Waals surface area contributed by atoms with Gasteiger partial charge in [0.1, 0.15) is 12.6 Å². The maximum absolute atomic E-state index is 14.0. The highest BCUT2D eigenvalue weighted by Crippen LogP contribution is 2.25. The fraction of sp³-hybridized carbons (Fsp3) is 0.355. The second-order valence-corrected chi connectivity index (χ2v) is 13.1. The summed E-state index contributed by atoms with van der Waals surface area (Å²) in [5.41, 5.74) is 2.17. The molecule has 40 heavy (non-hydrogen) atoms. The lowest BCUT2D eigenvalue weighted by Crippen LogP contribution is -2.53. The molecule has 212 valence electrons. The Balaban J connectivity index is 1.66. The summed E-state index contributed by atoms with van der Waals surface area (Å²) < 4.78 is 29.6. The number of halogens is 1. The summed E-state index contributed by atoms with van der Waals surface area (Å²) >= 11 is 3.48. The van der Waals surface area contributed by atoms with Gasteiger partial charge in [-0.25, -0.2) is 8.42 Å². The molecule has 1 fully saturated rings. The van der Waals surface area contributed by atoms with E-state index in [9.17, 15) is 18.0 Å². The van der Waals surface area contributed by atoms with Crippen LogP contribution in [0.2, 0.25) is 0 Å². The van der Waals surface area contributed by atoms with E-state index in [1.165, 1.54) is 23.5 Å². The molecule has 1 saturated carbocycles. The van der Waals surface area contributed by atoms with Gasteiger partial charge in [-0.2, -0.15) is 0 Å². The zero-order valence-electron chi connectivity index (χ0n) is 22.9. The SMILES string of the molecule is Cc1ccc(N(CC(=O)N(Cc2cccc(Br)c2)[C@H](C)C(=O)NC2CCCCC2)S(=O)(=O)c2ccccc2)cc1. The molecule has 0 aromatic heterocycles. The second kappa shape index (κ2) is 13.5. The van der Waals surface area contributed by atoms with Gasteiger partial charge in [0.05, 0.1) is 10.6 Å². The number of hydrogen-bond donors (Lipinski definition) is 1. The average Bonchev–Trinajstić information content (AvgIpc) is 2.95. The Morgan fingerprint density at radius 1 is 0.950 bits per heavy atom. The number of amides is 2. The lowest BCUT2D eigenvalue weighted by Gasteiger charge is -2.33. The third-order valence-electron chi connectivity index (χ3n) is 7.29. The molecule has 3 aromatic carbocycles. The molecule has 4 rings (SSSR count). The third-order valence-corrected chi connectivity index (χ3v) is 9.57. The summed E-state index contributed by atoms with van der Waals surface area (Å²) in [4.78, 5) is 29.0. The van der Waals surface area contributed by atoms with E-state index in [0.717, 1.165) is 45.6 Å². The molecule has 0 aliphatic heterocycles. The molecule has 0 unspecified atom stereocenters. The van der Waals surface area contributed by atoms with Gasteiger partial charge in [0.2, 0.25) is 11.8 Å². The van der Waals surface area contributed by atoms with Crippen LogP contribution < -0.4 is 9.62 Å². The van der Waals surface area contributed by atoms with Crippen molar-refractivity contribution in [3.05, 3.63) is 94.5 Å². The minimum absolute atomic E-state index is 0.0880. The highest BCUT2D eigenvalue weighted by molar-refractivity contribution is 9.10. The molecule has 0 radical (unpaired) electrons. The minimum atomic E-state index is -4.07. The predicted octanol–water partition coefficient (Wildman–Crippen LogP) is 5.82. The Kier molecular flexibility index (Phi) is 10.0. The van der Waals surface area contributed by atoms with Gasteiger partial charge in [-0.1, -0.05) is 83.2 Å². The van der Waals surface area contributed by atoms with Crippen LogP contribution in [0.4, 0.5) is 5.69 Å². The van der Waals surface area contributed by atoms with Gasteiger partial charge in [0.15, 0.2) is 0 Å². The van der Waals surface area contributed by atoms with Crippen LogP contribution in [0, 0.1) is 6.92 Å². The zero-order chi connectivity index (χ0) is 28.7. The van der Waals surface area contributed by atoms with Crippen molar-refractivity contribution in [3.8, 4) is 0 Å². The molecule has 1 aliphatic rings. The van der Waals surface area contributed by atoms with Gasteiger partial charge in [-0.3, -0.25) is 13.9 Å². The number of nitrogens with zero attached hydrogens (tertiary/aromatic N) is 2. The fourth-order valence-corrected chi connectivity index (χ4v) is 6.82. The van der Waals surface area contributed by atoms with Gasteiger partial charge >= 0.3 is 0 Å². The van der Waals surface area contributed by atoms with Gasteiger partial charge in [-0.15, -0.1) is 0 Å². The number of rotatable bonds is 10. The Morgan fingerprint density at radius 2 is 1.62 bits per heavy atom. The summed E-state index contributed by atoms with van der Waals surface area (Å²) in [6.07, 6.45) is 5.16. The number of carbonyl (C=O) groups is 2. The van der Waals surface area contributed by atoms with Crippen LogP contribution in [-0.2, 0) is 26.2 Å². The second-order valence-electron chi connectivity index (χ2n) is 10.3. The zero-order valence-corrected chi connectivity index (χ0v) is 25.3. The first-order chi connectivity index (χ1) is 19.1. The van der Waals surface area contributed by atoms with Gasteiger partial charge < -0.3 is 10.2 Å². The highest BCUT2D eigenvalue weighted by Gasteiger charge is 2.33. The molecule has 2 amide bonds. The number of hydrogen-bond acceptors (Lipinski definition) is 4. The molecular weight excluding hydrogens is 590 g/mol. The normalized spacial score (nSPS) is 14.8. The Labute approximate surface area is 245 Å². The van der Waals surface area contributed by atoms with E-state index >= 15 is 0 Å². The Bertz CT molecular complexity index is 1410. The third kappa shape index (κ3) is 7.52. The number of anilines is 1. The molecular formula is C31H36BrN3O4S. The molecule has 0 saturated heterocycles. The highest BCUT2D eigenvalue weighted by atomic mass is 79.9. The maximum Gasteiger partial charge on any atom is 0.264 e. The lowest BCUT2D eigenvalue weighted by atomic mass is 9.95. The standard InChI is InChI=1S/C31H36BrN3O4S/c1-23-16-18-28(19-17-23)35(40(38,39)29-14-7-4-8-15-29)22-30(36)34(21-25-10-9-11-26(32)20-25)24(2)31(37)33-27-12-5-3-6-13-27/h4,7-11,14-20,24,27H,3,5-6,12-13,21-22H2,1-2H3,(H,33,37)/t24-/m1/s1.